The Bertz CT molecular complexity index is 224. The lowest BCUT2D eigenvalue weighted by molar-refractivity contribution is -0.129. The van der Waals surface area contributed by atoms with Crippen molar-refractivity contribution in [1.82, 2.24) is 5.32 Å². The van der Waals surface area contributed by atoms with E-state index in [1.807, 2.05) is 0 Å². The van der Waals surface area contributed by atoms with Crippen molar-refractivity contribution >= 4 is 5.91 Å². The molecular weight excluding hydrogens is 150 g/mol. The molecule has 1 aliphatic carbocycles. The van der Waals surface area contributed by atoms with Gasteiger partial charge in [-0.25, -0.2) is 0 Å². The van der Waals surface area contributed by atoms with Gasteiger partial charge in [-0.2, -0.15) is 0 Å². The minimum Gasteiger partial charge on any atom is -0.353 e. The molecule has 0 radical (unpaired) electrons. The molecule has 2 rings (SSSR count). The average molecular weight is 167 g/mol. The lowest BCUT2D eigenvalue weighted by atomic mass is 9.82. The Morgan fingerprint density at radius 2 is 2.17 bits per heavy atom. The van der Waals surface area contributed by atoms with Gasteiger partial charge < -0.3 is 5.32 Å². The summed E-state index contributed by atoms with van der Waals surface area (Å²) in [7, 11) is 0. The van der Waals surface area contributed by atoms with Crippen molar-refractivity contribution in [2.24, 2.45) is 17.3 Å². The number of amides is 1. The fraction of sp³-hybridized carbons (Fsp3) is 0.900. The third kappa shape index (κ3) is 0.900. The Hall–Kier alpha value is -0.530. The van der Waals surface area contributed by atoms with E-state index in [4.69, 9.17) is 0 Å². The smallest absolute Gasteiger partial charge is 0.226 e. The molecule has 1 unspecified atom stereocenters. The molecule has 1 amide bonds. The van der Waals surface area contributed by atoms with Crippen LogP contribution in [0.1, 0.15) is 33.6 Å². The molecule has 0 aromatic carbocycles. The first-order chi connectivity index (χ1) is 5.53. The first-order valence-electron chi connectivity index (χ1n) is 4.84. The highest BCUT2D eigenvalue weighted by Crippen LogP contribution is 2.49. The molecule has 3 atom stereocenters. The Morgan fingerprint density at radius 1 is 1.50 bits per heavy atom. The summed E-state index contributed by atoms with van der Waals surface area (Å²) in [5, 5.41) is 3.09. The zero-order valence-corrected chi connectivity index (χ0v) is 8.05. The molecule has 68 valence electrons. The number of rotatable bonds is 1. The number of piperidine rings is 1. The van der Waals surface area contributed by atoms with Crippen LogP contribution in [0.25, 0.3) is 0 Å². The van der Waals surface area contributed by atoms with Gasteiger partial charge in [0, 0.05) is 11.5 Å². The summed E-state index contributed by atoms with van der Waals surface area (Å²) >= 11 is 0. The molecule has 12 heavy (non-hydrogen) atoms. The second-order valence-corrected chi connectivity index (χ2v) is 4.96. The lowest BCUT2D eigenvalue weighted by Gasteiger charge is -2.29. The topological polar surface area (TPSA) is 29.1 Å². The van der Waals surface area contributed by atoms with E-state index in [0.29, 0.717) is 17.9 Å². The van der Waals surface area contributed by atoms with Crippen LogP contribution < -0.4 is 5.32 Å². The fourth-order valence-electron chi connectivity index (χ4n) is 2.77. The van der Waals surface area contributed by atoms with Crippen LogP contribution in [0.4, 0.5) is 0 Å². The zero-order chi connectivity index (χ0) is 8.93. The Kier molecular flexibility index (Phi) is 1.51. The Balaban J connectivity index is 2.18. The zero-order valence-electron chi connectivity index (χ0n) is 8.05. The summed E-state index contributed by atoms with van der Waals surface area (Å²) in [5.74, 6) is 1.70. The maximum atomic E-state index is 11.4. The lowest BCUT2D eigenvalue weighted by Crippen LogP contribution is -2.42. The van der Waals surface area contributed by atoms with Crippen molar-refractivity contribution in [1.29, 1.82) is 0 Å². The predicted molar refractivity (Wildman–Crippen MR) is 47.6 cm³/mol. The largest absolute Gasteiger partial charge is 0.353 e. The van der Waals surface area contributed by atoms with Crippen LogP contribution in [-0.4, -0.2) is 11.9 Å². The molecule has 1 N–H and O–H groups in total. The van der Waals surface area contributed by atoms with Crippen LogP contribution in [0, 0.1) is 17.3 Å². The van der Waals surface area contributed by atoms with Crippen LogP contribution in [0.3, 0.4) is 0 Å². The molecule has 2 fully saturated rings. The summed E-state index contributed by atoms with van der Waals surface area (Å²) in [6, 6.07) is 0.475. The highest BCUT2D eigenvalue weighted by atomic mass is 16.2. The van der Waals surface area contributed by atoms with E-state index in [2.05, 4.69) is 26.1 Å². The van der Waals surface area contributed by atoms with Crippen LogP contribution in [0.5, 0.6) is 0 Å². The third-order valence-electron chi connectivity index (χ3n) is 3.59. The molecule has 0 aromatic heterocycles. The van der Waals surface area contributed by atoms with Gasteiger partial charge >= 0.3 is 0 Å². The number of fused-ring (bicyclic) bond motifs is 2. The first kappa shape index (κ1) is 8.09. The van der Waals surface area contributed by atoms with Crippen molar-refractivity contribution in [3.63, 3.8) is 0 Å². The van der Waals surface area contributed by atoms with Crippen molar-refractivity contribution in [3.8, 4) is 0 Å². The molecule has 1 heterocycles. The van der Waals surface area contributed by atoms with E-state index in [1.165, 1.54) is 0 Å². The van der Waals surface area contributed by atoms with Crippen molar-refractivity contribution < 1.29 is 4.79 Å². The quantitative estimate of drug-likeness (QED) is 0.631. The van der Waals surface area contributed by atoms with Gasteiger partial charge in [0.1, 0.15) is 0 Å². The fourth-order valence-corrected chi connectivity index (χ4v) is 2.77. The molecule has 2 aliphatic rings. The molecule has 2 nitrogen and oxygen atoms in total. The summed E-state index contributed by atoms with van der Waals surface area (Å²) in [5.41, 5.74) is -0.0282. The van der Waals surface area contributed by atoms with Gasteiger partial charge in [-0.1, -0.05) is 20.8 Å². The first-order valence-corrected chi connectivity index (χ1v) is 4.84. The molecular formula is C10H17NO. The number of hydrogen-bond donors (Lipinski definition) is 1. The van der Waals surface area contributed by atoms with E-state index in [-0.39, 0.29) is 11.3 Å². The summed E-state index contributed by atoms with van der Waals surface area (Å²) in [6.07, 6.45) is 2.16. The van der Waals surface area contributed by atoms with Crippen LogP contribution in [0.2, 0.25) is 0 Å². The van der Waals surface area contributed by atoms with Gasteiger partial charge in [0.25, 0.3) is 0 Å². The number of carbonyl (C=O) groups is 1. The summed E-state index contributed by atoms with van der Waals surface area (Å²) in [6.45, 7) is 6.60. The van der Waals surface area contributed by atoms with Gasteiger partial charge in [-0.15, -0.1) is 0 Å². The predicted octanol–water partition coefficient (Wildman–Crippen LogP) is 1.56. The molecule has 1 saturated carbocycles. The SMILES string of the molecule is CC(C)C1C[C@]2(C)C[C@H]1NC2=O. The highest BCUT2D eigenvalue weighted by molar-refractivity contribution is 5.86. The maximum Gasteiger partial charge on any atom is 0.226 e. The monoisotopic (exact) mass is 167 g/mol. The molecule has 2 heteroatoms. The van der Waals surface area contributed by atoms with Gasteiger partial charge in [0.2, 0.25) is 5.91 Å². The number of carbonyl (C=O) groups excluding carboxylic acids is 1. The van der Waals surface area contributed by atoms with Crippen molar-refractivity contribution in [2.75, 3.05) is 0 Å². The normalized spacial score (nSPS) is 45.5. The second-order valence-electron chi connectivity index (χ2n) is 4.96. The molecule has 0 spiro atoms. The average Bonchev–Trinajstić information content (AvgIpc) is 2.40. The van der Waals surface area contributed by atoms with Crippen LogP contribution >= 0.6 is 0 Å². The Labute approximate surface area is 73.7 Å². The van der Waals surface area contributed by atoms with Crippen molar-refractivity contribution in [3.05, 3.63) is 0 Å². The Morgan fingerprint density at radius 3 is 2.50 bits per heavy atom. The minimum absolute atomic E-state index is 0.0282. The van der Waals surface area contributed by atoms with E-state index >= 15 is 0 Å². The molecule has 1 aliphatic heterocycles. The molecule has 2 bridgehead atoms. The number of hydrogen-bond acceptors (Lipinski definition) is 1. The van der Waals surface area contributed by atoms with E-state index in [1.54, 1.807) is 0 Å². The summed E-state index contributed by atoms with van der Waals surface area (Å²) < 4.78 is 0. The third-order valence-corrected chi connectivity index (χ3v) is 3.59. The minimum atomic E-state index is -0.0282. The van der Waals surface area contributed by atoms with E-state index in [0.717, 1.165) is 12.8 Å². The van der Waals surface area contributed by atoms with E-state index in [9.17, 15) is 4.79 Å². The highest BCUT2D eigenvalue weighted by Gasteiger charge is 2.53. The van der Waals surface area contributed by atoms with Crippen LogP contribution in [0.15, 0.2) is 0 Å². The number of nitrogens with one attached hydrogen (secondary N) is 1. The molecule has 0 aromatic rings. The summed E-state index contributed by atoms with van der Waals surface area (Å²) in [4.78, 5) is 11.4. The van der Waals surface area contributed by atoms with Gasteiger partial charge in [0.15, 0.2) is 0 Å². The van der Waals surface area contributed by atoms with Gasteiger partial charge in [0.05, 0.1) is 0 Å². The van der Waals surface area contributed by atoms with Crippen LogP contribution in [-0.2, 0) is 4.79 Å². The molecule has 1 saturated heterocycles. The van der Waals surface area contributed by atoms with Gasteiger partial charge in [-0.3, -0.25) is 4.79 Å². The maximum absolute atomic E-state index is 11.4. The van der Waals surface area contributed by atoms with Crippen molar-refractivity contribution in [2.45, 2.75) is 39.7 Å². The standard InChI is InChI=1S/C10H17NO/c1-6(2)7-4-10(3)5-8(7)11-9(10)12/h6-8H,4-5H2,1-3H3,(H,11,12)/t7?,8-,10-/m1/s1. The van der Waals surface area contributed by atoms with Gasteiger partial charge in [-0.05, 0) is 24.7 Å². The second kappa shape index (κ2) is 2.24. The van der Waals surface area contributed by atoms with E-state index < -0.39 is 0 Å².